The number of rotatable bonds is 5. The lowest BCUT2D eigenvalue weighted by Crippen LogP contribution is -2.29. The monoisotopic (exact) mass is 387 g/mol. The third kappa shape index (κ3) is 4.20. The number of anilines is 3. The van der Waals surface area contributed by atoms with Gasteiger partial charge in [-0.25, -0.2) is 9.97 Å². The fourth-order valence-electron chi connectivity index (χ4n) is 4.43. The maximum atomic E-state index is 4.94. The van der Waals surface area contributed by atoms with Crippen LogP contribution in [0.25, 0.3) is 11.0 Å². The maximum Gasteiger partial charge on any atom is 0.174 e. The quantitative estimate of drug-likeness (QED) is 0.670. The first-order chi connectivity index (χ1) is 14.3. The molecule has 2 fully saturated rings. The lowest BCUT2D eigenvalue weighted by atomic mass is 10.1. The van der Waals surface area contributed by atoms with Crippen molar-refractivity contribution in [3.8, 4) is 0 Å². The van der Waals surface area contributed by atoms with E-state index in [0.29, 0.717) is 0 Å². The van der Waals surface area contributed by atoms with Gasteiger partial charge in [0, 0.05) is 25.3 Å². The molecule has 0 aliphatic carbocycles. The molecule has 150 valence electrons. The number of fused-ring (bicyclic) bond motifs is 1. The van der Waals surface area contributed by atoms with Crippen LogP contribution in [-0.2, 0) is 6.54 Å². The molecule has 3 aromatic rings. The molecular weight excluding hydrogens is 358 g/mol. The molecule has 1 aromatic heterocycles. The number of hydrogen-bond acceptors (Lipinski definition) is 5. The molecule has 0 amide bonds. The SMILES string of the molecule is c1ccc2nc(N3CCCC3)c(Nc3ccc(CN4CCCCC4)cc3)nc2c1. The largest absolute Gasteiger partial charge is 0.354 e. The Kier molecular flexibility index (Phi) is 5.31. The van der Waals surface area contributed by atoms with Gasteiger partial charge >= 0.3 is 0 Å². The van der Waals surface area contributed by atoms with Crippen molar-refractivity contribution in [1.82, 2.24) is 14.9 Å². The predicted molar refractivity (Wildman–Crippen MR) is 120 cm³/mol. The Morgan fingerprint density at radius 3 is 2.10 bits per heavy atom. The topological polar surface area (TPSA) is 44.3 Å². The van der Waals surface area contributed by atoms with Crippen molar-refractivity contribution >= 4 is 28.4 Å². The first-order valence-electron chi connectivity index (χ1n) is 11.0. The Morgan fingerprint density at radius 1 is 0.724 bits per heavy atom. The van der Waals surface area contributed by atoms with Gasteiger partial charge in [-0.15, -0.1) is 0 Å². The minimum absolute atomic E-state index is 0.856. The van der Waals surface area contributed by atoms with E-state index in [1.165, 1.54) is 50.8 Å². The molecule has 0 atom stereocenters. The van der Waals surface area contributed by atoms with Gasteiger partial charge in [0.05, 0.1) is 11.0 Å². The van der Waals surface area contributed by atoms with Gasteiger partial charge in [0.1, 0.15) is 0 Å². The van der Waals surface area contributed by atoms with Crippen LogP contribution >= 0.6 is 0 Å². The second kappa shape index (κ2) is 8.37. The third-order valence-corrected chi connectivity index (χ3v) is 6.03. The Bertz CT molecular complexity index is 957. The third-order valence-electron chi connectivity index (χ3n) is 6.03. The van der Waals surface area contributed by atoms with Gasteiger partial charge < -0.3 is 10.2 Å². The highest BCUT2D eigenvalue weighted by Gasteiger charge is 2.19. The highest BCUT2D eigenvalue weighted by Crippen LogP contribution is 2.30. The van der Waals surface area contributed by atoms with Crippen LogP contribution in [0.3, 0.4) is 0 Å². The van der Waals surface area contributed by atoms with Crippen molar-refractivity contribution in [2.75, 3.05) is 36.4 Å². The molecule has 2 aliphatic heterocycles. The van der Waals surface area contributed by atoms with Crippen LogP contribution in [0.4, 0.5) is 17.3 Å². The second-order valence-corrected chi connectivity index (χ2v) is 8.24. The molecule has 0 spiro atoms. The normalized spacial score (nSPS) is 17.7. The van der Waals surface area contributed by atoms with Crippen LogP contribution in [0.1, 0.15) is 37.7 Å². The molecule has 0 saturated carbocycles. The fourth-order valence-corrected chi connectivity index (χ4v) is 4.43. The Labute approximate surface area is 172 Å². The van der Waals surface area contributed by atoms with E-state index in [1.54, 1.807) is 0 Å². The summed E-state index contributed by atoms with van der Waals surface area (Å²) >= 11 is 0. The number of nitrogens with one attached hydrogen (secondary N) is 1. The summed E-state index contributed by atoms with van der Waals surface area (Å²) in [5, 5.41) is 3.54. The molecule has 5 heteroatoms. The first-order valence-corrected chi connectivity index (χ1v) is 11.0. The van der Waals surface area contributed by atoms with Gasteiger partial charge in [-0.1, -0.05) is 30.7 Å². The molecule has 3 heterocycles. The summed E-state index contributed by atoms with van der Waals surface area (Å²) in [5.74, 6) is 1.83. The molecule has 29 heavy (non-hydrogen) atoms. The van der Waals surface area contributed by atoms with Gasteiger partial charge in [-0.3, -0.25) is 4.90 Å². The molecule has 0 unspecified atom stereocenters. The lowest BCUT2D eigenvalue weighted by Gasteiger charge is -2.26. The van der Waals surface area contributed by atoms with E-state index < -0.39 is 0 Å². The molecule has 5 rings (SSSR count). The lowest BCUT2D eigenvalue weighted by molar-refractivity contribution is 0.221. The molecule has 2 aromatic carbocycles. The van der Waals surface area contributed by atoms with Crippen molar-refractivity contribution < 1.29 is 0 Å². The van der Waals surface area contributed by atoms with Crippen LogP contribution in [0, 0.1) is 0 Å². The number of hydrogen-bond donors (Lipinski definition) is 1. The zero-order valence-electron chi connectivity index (χ0n) is 17.0. The van der Waals surface area contributed by atoms with E-state index in [1.807, 2.05) is 24.3 Å². The van der Waals surface area contributed by atoms with E-state index in [9.17, 15) is 0 Å². The minimum atomic E-state index is 0.856. The molecule has 0 bridgehead atoms. The summed E-state index contributed by atoms with van der Waals surface area (Å²) in [5.41, 5.74) is 4.33. The van der Waals surface area contributed by atoms with E-state index in [-0.39, 0.29) is 0 Å². The summed E-state index contributed by atoms with van der Waals surface area (Å²) in [4.78, 5) is 14.8. The number of aromatic nitrogens is 2. The summed E-state index contributed by atoms with van der Waals surface area (Å²) in [6.07, 6.45) is 6.49. The van der Waals surface area contributed by atoms with Crippen molar-refractivity contribution in [1.29, 1.82) is 0 Å². The highest BCUT2D eigenvalue weighted by atomic mass is 15.2. The smallest absolute Gasteiger partial charge is 0.174 e. The zero-order chi connectivity index (χ0) is 19.5. The minimum Gasteiger partial charge on any atom is -0.354 e. The van der Waals surface area contributed by atoms with Gasteiger partial charge in [0.15, 0.2) is 11.6 Å². The van der Waals surface area contributed by atoms with E-state index in [0.717, 1.165) is 48.0 Å². The van der Waals surface area contributed by atoms with Gasteiger partial charge in [0.25, 0.3) is 0 Å². The number of nitrogens with zero attached hydrogens (tertiary/aromatic N) is 4. The van der Waals surface area contributed by atoms with Crippen molar-refractivity contribution in [3.63, 3.8) is 0 Å². The fraction of sp³-hybridized carbons (Fsp3) is 0.417. The van der Waals surface area contributed by atoms with E-state index in [4.69, 9.17) is 9.97 Å². The van der Waals surface area contributed by atoms with Gasteiger partial charge in [-0.2, -0.15) is 0 Å². The predicted octanol–water partition coefficient (Wildman–Crippen LogP) is 4.96. The molecule has 0 radical (unpaired) electrons. The second-order valence-electron chi connectivity index (χ2n) is 8.24. The Balaban J connectivity index is 1.38. The standard InChI is InChI=1S/C24H29N5/c1-4-14-28(15-5-1)18-19-10-12-20(13-11-19)25-23-24(29-16-6-7-17-29)27-22-9-3-2-8-21(22)26-23/h2-3,8-13H,1,4-7,14-18H2,(H,25,26). The molecule has 2 aliphatic rings. The highest BCUT2D eigenvalue weighted by molar-refractivity contribution is 5.82. The zero-order valence-corrected chi connectivity index (χ0v) is 17.0. The number of benzene rings is 2. The van der Waals surface area contributed by atoms with Crippen LogP contribution in [-0.4, -0.2) is 41.0 Å². The van der Waals surface area contributed by atoms with Crippen LogP contribution in [0.5, 0.6) is 0 Å². The van der Waals surface area contributed by atoms with Crippen molar-refractivity contribution in [3.05, 3.63) is 54.1 Å². The molecule has 5 nitrogen and oxygen atoms in total. The summed E-state index contributed by atoms with van der Waals surface area (Å²) in [6.45, 7) is 5.61. The van der Waals surface area contributed by atoms with Crippen molar-refractivity contribution in [2.24, 2.45) is 0 Å². The Hall–Kier alpha value is -2.66. The van der Waals surface area contributed by atoms with Crippen molar-refractivity contribution in [2.45, 2.75) is 38.6 Å². The number of para-hydroxylation sites is 2. The van der Waals surface area contributed by atoms with E-state index in [2.05, 4.69) is 39.4 Å². The summed E-state index contributed by atoms with van der Waals surface area (Å²) in [7, 11) is 0. The first kappa shape index (κ1) is 18.4. The summed E-state index contributed by atoms with van der Waals surface area (Å²) in [6, 6.07) is 16.9. The van der Waals surface area contributed by atoms with Crippen LogP contribution in [0.2, 0.25) is 0 Å². The number of likely N-dealkylation sites (tertiary alicyclic amines) is 1. The van der Waals surface area contributed by atoms with Crippen LogP contribution < -0.4 is 10.2 Å². The summed E-state index contributed by atoms with van der Waals surface area (Å²) < 4.78 is 0. The number of piperidine rings is 1. The van der Waals surface area contributed by atoms with E-state index >= 15 is 0 Å². The molecule has 2 saturated heterocycles. The Morgan fingerprint density at radius 2 is 1.38 bits per heavy atom. The van der Waals surface area contributed by atoms with Gasteiger partial charge in [0.2, 0.25) is 0 Å². The average molecular weight is 388 g/mol. The molecule has 1 N–H and O–H groups in total. The average Bonchev–Trinajstić information content (AvgIpc) is 3.30. The van der Waals surface area contributed by atoms with Gasteiger partial charge in [-0.05, 0) is 68.6 Å². The maximum absolute atomic E-state index is 4.94. The van der Waals surface area contributed by atoms with Crippen LogP contribution in [0.15, 0.2) is 48.5 Å². The molecular formula is C24H29N5.